The van der Waals surface area contributed by atoms with Crippen molar-refractivity contribution in [3.8, 4) is 0 Å². The van der Waals surface area contributed by atoms with Gasteiger partial charge < -0.3 is 20.1 Å². The molecule has 0 unspecified atom stereocenters. The molecule has 0 aliphatic carbocycles. The van der Waals surface area contributed by atoms with Crippen LogP contribution in [0.2, 0.25) is 0 Å². The minimum absolute atomic E-state index is 0.128. The standard InChI is InChI=1S/C13H17FN2O4/c1-9-3-4-10(7-11(9)14)15-13(19)16(5-6-20-2)8-12(17)18/h3-4,7H,5-6,8H2,1-2H3,(H,15,19)(H,17,18). The van der Waals surface area contributed by atoms with E-state index >= 15 is 0 Å². The van der Waals surface area contributed by atoms with Crippen molar-refractivity contribution in [2.45, 2.75) is 6.92 Å². The molecule has 0 spiro atoms. The number of hydrogen-bond acceptors (Lipinski definition) is 3. The quantitative estimate of drug-likeness (QED) is 0.833. The Bertz CT molecular complexity index is 493. The number of amides is 2. The Kier molecular flexibility index (Phi) is 5.92. The van der Waals surface area contributed by atoms with Crippen molar-refractivity contribution in [1.82, 2.24) is 4.90 Å². The molecule has 6 nitrogen and oxygen atoms in total. The maximum absolute atomic E-state index is 13.4. The van der Waals surface area contributed by atoms with Gasteiger partial charge in [0.15, 0.2) is 0 Å². The van der Waals surface area contributed by atoms with E-state index in [4.69, 9.17) is 9.84 Å². The van der Waals surface area contributed by atoms with E-state index in [-0.39, 0.29) is 18.8 Å². The number of nitrogens with one attached hydrogen (secondary N) is 1. The third kappa shape index (κ3) is 4.85. The van der Waals surface area contributed by atoms with Crippen molar-refractivity contribution in [2.24, 2.45) is 0 Å². The number of aryl methyl sites for hydroxylation is 1. The van der Waals surface area contributed by atoms with Gasteiger partial charge in [0.2, 0.25) is 0 Å². The lowest BCUT2D eigenvalue weighted by molar-refractivity contribution is -0.137. The number of halogens is 1. The normalized spacial score (nSPS) is 10.2. The fraction of sp³-hybridized carbons (Fsp3) is 0.385. The fourth-order valence-electron chi connectivity index (χ4n) is 1.49. The average Bonchev–Trinajstić information content (AvgIpc) is 2.38. The summed E-state index contributed by atoms with van der Waals surface area (Å²) in [7, 11) is 1.45. The number of carboxylic acid groups (broad SMARTS) is 1. The molecular weight excluding hydrogens is 267 g/mol. The second-order valence-corrected chi connectivity index (χ2v) is 4.20. The number of anilines is 1. The van der Waals surface area contributed by atoms with E-state index in [0.717, 1.165) is 4.90 Å². The first-order valence-electron chi connectivity index (χ1n) is 5.97. The number of carbonyl (C=O) groups excluding carboxylic acids is 1. The molecule has 1 aromatic rings. The first kappa shape index (κ1) is 15.9. The minimum atomic E-state index is -1.13. The third-order valence-electron chi connectivity index (χ3n) is 2.60. The Morgan fingerprint density at radius 3 is 2.70 bits per heavy atom. The van der Waals surface area contributed by atoms with Crippen molar-refractivity contribution in [1.29, 1.82) is 0 Å². The van der Waals surface area contributed by atoms with Crippen LogP contribution < -0.4 is 5.32 Å². The van der Waals surface area contributed by atoms with Gasteiger partial charge in [-0.3, -0.25) is 4.79 Å². The van der Waals surface area contributed by atoms with Gasteiger partial charge >= 0.3 is 12.0 Å². The van der Waals surface area contributed by atoms with Crippen LogP contribution in [-0.2, 0) is 9.53 Å². The van der Waals surface area contributed by atoms with Crippen LogP contribution >= 0.6 is 0 Å². The highest BCUT2D eigenvalue weighted by Gasteiger charge is 2.16. The van der Waals surface area contributed by atoms with Crippen LogP contribution in [0.3, 0.4) is 0 Å². The SMILES string of the molecule is COCCN(CC(=O)O)C(=O)Nc1ccc(C)c(F)c1. The molecule has 0 fully saturated rings. The molecule has 2 amide bonds. The summed E-state index contributed by atoms with van der Waals surface area (Å²) >= 11 is 0. The predicted molar refractivity (Wildman–Crippen MR) is 71.2 cm³/mol. The van der Waals surface area contributed by atoms with E-state index < -0.39 is 24.4 Å². The summed E-state index contributed by atoms with van der Waals surface area (Å²) in [4.78, 5) is 23.7. The maximum Gasteiger partial charge on any atom is 0.323 e. The third-order valence-corrected chi connectivity index (χ3v) is 2.60. The van der Waals surface area contributed by atoms with Gasteiger partial charge in [0, 0.05) is 19.3 Å². The molecule has 0 aliphatic heterocycles. The van der Waals surface area contributed by atoms with E-state index in [1.165, 1.54) is 19.2 Å². The summed E-state index contributed by atoms with van der Waals surface area (Å²) in [6, 6.07) is 3.64. The molecule has 0 atom stereocenters. The first-order valence-corrected chi connectivity index (χ1v) is 5.97. The summed E-state index contributed by atoms with van der Waals surface area (Å²) in [6.07, 6.45) is 0. The van der Waals surface area contributed by atoms with Gasteiger partial charge in [-0.1, -0.05) is 6.07 Å². The monoisotopic (exact) mass is 284 g/mol. The van der Waals surface area contributed by atoms with E-state index in [1.54, 1.807) is 13.0 Å². The summed E-state index contributed by atoms with van der Waals surface area (Å²) in [5, 5.41) is 11.2. The highest BCUT2D eigenvalue weighted by atomic mass is 19.1. The van der Waals surface area contributed by atoms with Crippen LogP contribution in [0.5, 0.6) is 0 Å². The maximum atomic E-state index is 13.4. The number of nitrogens with zero attached hydrogens (tertiary/aromatic N) is 1. The molecule has 2 N–H and O–H groups in total. The van der Waals surface area contributed by atoms with Gasteiger partial charge in [0.1, 0.15) is 12.4 Å². The van der Waals surface area contributed by atoms with Gasteiger partial charge in [0.05, 0.1) is 6.61 Å². The zero-order chi connectivity index (χ0) is 15.1. The lowest BCUT2D eigenvalue weighted by Crippen LogP contribution is -2.40. The summed E-state index contributed by atoms with van der Waals surface area (Å²) in [5.41, 5.74) is 0.732. The smallest absolute Gasteiger partial charge is 0.323 e. The number of methoxy groups -OCH3 is 1. The lowest BCUT2D eigenvalue weighted by atomic mass is 10.2. The number of carboxylic acids is 1. The molecule has 0 aliphatic rings. The number of rotatable bonds is 6. The second-order valence-electron chi connectivity index (χ2n) is 4.20. The Morgan fingerprint density at radius 2 is 2.15 bits per heavy atom. The van der Waals surface area contributed by atoms with Crippen molar-refractivity contribution < 1.29 is 23.8 Å². The van der Waals surface area contributed by atoms with E-state index in [1.807, 2.05) is 0 Å². The largest absolute Gasteiger partial charge is 0.480 e. The van der Waals surface area contributed by atoms with Gasteiger partial charge in [-0.05, 0) is 24.6 Å². The molecular formula is C13H17FN2O4. The van der Waals surface area contributed by atoms with Gasteiger partial charge in [-0.2, -0.15) is 0 Å². The number of carbonyl (C=O) groups is 2. The topological polar surface area (TPSA) is 78.9 Å². The molecule has 0 radical (unpaired) electrons. The molecule has 0 bridgehead atoms. The Labute approximate surface area is 116 Å². The van der Waals surface area contributed by atoms with Crippen molar-refractivity contribution in [2.75, 3.05) is 32.1 Å². The number of ether oxygens (including phenoxy) is 1. The second kappa shape index (κ2) is 7.44. The molecule has 1 rings (SSSR count). The van der Waals surface area contributed by atoms with E-state index in [2.05, 4.69) is 5.32 Å². The Morgan fingerprint density at radius 1 is 1.45 bits per heavy atom. The molecule has 20 heavy (non-hydrogen) atoms. The van der Waals surface area contributed by atoms with Crippen molar-refractivity contribution >= 4 is 17.7 Å². The van der Waals surface area contributed by atoms with Crippen LogP contribution in [0.15, 0.2) is 18.2 Å². The summed E-state index contributed by atoms with van der Waals surface area (Å²) in [5.74, 6) is -1.57. The van der Waals surface area contributed by atoms with E-state index in [0.29, 0.717) is 5.56 Å². The summed E-state index contributed by atoms with van der Waals surface area (Å²) in [6.45, 7) is 1.49. The Hall–Kier alpha value is -2.15. The summed E-state index contributed by atoms with van der Waals surface area (Å²) < 4.78 is 18.2. The highest BCUT2D eigenvalue weighted by molar-refractivity contribution is 5.91. The van der Waals surface area contributed by atoms with Crippen molar-refractivity contribution in [3.63, 3.8) is 0 Å². The molecule has 110 valence electrons. The zero-order valence-corrected chi connectivity index (χ0v) is 11.4. The highest BCUT2D eigenvalue weighted by Crippen LogP contribution is 2.14. The van der Waals surface area contributed by atoms with Crippen LogP contribution in [0, 0.1) is 12.7 Å². The minimum Gasteiger partial charge on any atom is -0.480 e. The first-order chi connectivity index (χ1) is 9.43. The lowest BCUT2D eigenvalue weighted by Gasteiger charge is -2.20. The Balaban J connectivity index is 2.73. The van der Waals surface area contributed by atoms with Crippen LogP contribution in [0.25, 0.3) is 0 Å². The zero-order valence-electron chi connectivity index (χ0n) is 11.4. The van der Waals surface area contributed by atoms with E-state index in [9.17, 15) is 14.0 Å². The average molecular weight is 284 g/mol. The van der Waals surface area contributed by atoms with Gasteiger partial charge in [-0.15, -0.1) is 0 Å². The molecule has 1 aromatic carbocycles. The number of hydrogen-bond donors (Lipinski definition) is 2. The predicted octanol–water partition coefficient (Wildman–Crippen LogP) is 1.70. The molecule has 0 heterocycles. The van der Waals surface area contributed by atoms with Crippen LogP contribution in [-0.4, -0.2) is 48.8 Å². The van der Waals surface area contributed by atoms with Crippen LogP contribution in [0.4, 0.5) is 14.9 Å². The number of urea groups is 1. The number of aliphatic carboxylic acids is 1. The molecule has 0 saturated carbocycles. The van der Waals surface area contributed by atoms with Gasteiger partial charge in [0.25, 0.3) is 0 Å². The van der Waals surface area contributed by atoms with Crippen LogP contribution in [0.1, 0.15) is 5.56 Å². The molecule has 0 aromatic heterocycles. The number of benzene rings is 1. The van der Waals surface area contributed by atoms with Crippen molar-refractivity contribution in [3.05, 3.63) is 29.6 Å². The fourth-order valence-corrected chi connectivity index (χ4v) is 1.49. The molecule has 0 saturated heterocycles. The molecule has 7 heteroatoms. The van der Waals surface area contributed by atoms with Gasteiger partial charge in [-0.25, -0.2) is 9.18 Å².